The maximum Gasteiger partial charge on any atom is 0.258 e. The van der Waals surface area contributed by atoms with Crippen LogP contribution in [0.15, 0.2) is 48.7 Å². The third kappa shape index (κ3) is 4.20. The Hall–Kier alpha value is -3.61. The number of amides is 1. The van der Waals surface area contributed by atoms with Crippen LogP contribution in [0.4, 0.5) is 0 Å². The van der Waals surface area contributed by atoms with Crippen molar-refractivity contribution in [1.29, 1.82) is 0 Å². The molecule has 154 valence electrons. The molecular formula is C23H23N3O4. The monoisotopic (exact) mass is 405 g/mol. The Morgan fingerprint density at radius 3 is 2.83 bits per heavy atom. The van der Waals surface area contributed by atoms with Crippen molar-refractivity contribution in [2.75, 3.05) is 6.79 Å². The lowest BCUT2D eigenvalue weighted by Crippen LogP contribution is -2.32. The molecule has 0 bridgehead atoms. The van der Waals surface area contributed by atoms with E-state index in [0.717, 1.165) is 17.5 Å². The highest BCUT2D eigenvalue weighted by molar-refractivity contribution is 5.96. The van der Waals surface area contributed by atoms with Crippen molar-refractivity contribution in [3.63, 3.8) is 0 Å². The molecule has 2 aromatic carbocycles. The minimum atomic E-state index is -0.282. The summed E-state index contributed by atoms with van der Waals surface area (Å²) in [7, 11) is 0. The summed E-state index contributed by atoms with van der Waals surface area (Å²) in [6, 6.07) is 13.1. The molecule has 0 radical (unpaired) electrons. The first kappa shape index (κ1) is 19.7. The van der Waals surface area contributed by atoms with Gasteiger partial charge in [-0.25, -0.2) is 4.98 Å². The average molecular weight is 405 g/mol. The summed E-state index contributed by atoms with van der Waals surface area (Å²) in [6.45, 7) is 6.12. The van der Waals surface area contributed by atoms with E-state index in [2.05, 4.69) is 15.3 Å². The van der Waals surface area contributed by atoms with Crippen molar-refractivity contribution in [3.8, 4) is 34.5 Å². The second-order valence-electron chi connectivity index (χ2n) is 7.18. The number of aryl methyl sites for hydroxylation is 1. The fourth-order valence-electron chi connectivity index (χ4n) is 2.98. The molecular weight excluding hydrogens is 382 g/mol. The van der Waals surface area contributed by atoms with Crippen LogP contribution in [-0.4, -0.2) is 28.7 Å². The zero-order valence-electron chi connectivity index (χ0n) is 17.1. The lowest BCUT2D eigenvalue weighted by atomic mass is 10.1. The van der Waals surface area contributed by atoms with Crippen LogP contribution < -0.4 is 19.5 Å². The molecule has 7 nitrogen and oxygen atoms in total. The van der Waals surface area contributed by atoms with Gasteiger partial charge in [0.15, 0.2) is 17.3 Å². The van der Waals surface area contributed by atoms with Crippen LogP contribution in [0.3, 0.4) is 0 Å². The number of fused-ring (bicyclic) bond motifs is 1. The number of carbonyl (C=O) groups excluding carboxylic acids is 1. The highest BCUT2D eigenvalue weighted by Gasteiger charge is 2.20. The van der Waals surface area contributed by atoms with Crippen LogP contribution in [0, 0.1) is 6.92 Å². The Morgan fingerprint density at radius 2 is 2.03 bits per heavy atom. The standard InChI is InChI=1S/C23H23N3O4/c1-4-15(3)25-22(27)18-12-24-21(16-7-5-6-14(2)10-16)26-23(18)30-17-8-9-19-20(11-17)29-13-28-19/h5-12,15H,4,13H2,1-3H3,(H,25,27). The fourth-order valence-corrected chi connectivity index (χ4v) is 2.98. The van der Waals surface area contributed by atoms with E-state index < -0.39 is 0 Å². The van der Waals surface area contributed by atoms with Gasteiger partial charge in [-0.1, -0.05) is 30.7 Å². The largest absolute Gasteiger partial charge is 0.454 e. The first-order valence-electron chi connectivity index (χ1n) is 9.86. The SMILES string of the molecule is CCC(C)NC(=O)c1cnc(-c2cccc(C)c2)nc1Oc1ccc2c(c1)OCO2. The molecule has 2 heterocycles. The van der Waals surface area contributed by atoms with Gasteiger partial charge in [-0.15, -0.1) is 0 Å². The van der Waals surface area contributed by atoms with Crippen molar-refractivity contribution in [2.45, 2.75) is 33.2 Å². The van der Waals surface area contributed by atoms with E-state index in [0.29, 0.717) is 23.1 Å². The van der Waals surface area contributed by atoms with Gasteiger partial charge in [0.2, 0.25) is 12.7 Å². The summed E-state index contributed by atoms with van der Waals surface area (Å²) < 4.78 is 16.8. The number of nitrogens with one attached hydrogen (secondary N) is 1. The number of carbonyl (C=O) groups is 1. The molecule has 30 heavy (non-hydrogen) atoms. The fraction of sp³-hybridized carbons (Fsp3) is 0.261. The van der Waals surface area contributed by atoms with Gasteiger partial charge in [0.05, 0.1) is 0 Å². The second-order valence-corrected chi connectivity index (χ2v) is 7.18. The van der Waals surface area contributed by atoms with Crippen LogP contribution >= 0.6 is 0 Å². The average Bonchev–Trinajstić information content (AvgIpc) is 3.21. The Labute approximate surface area is 175 Å². The van der Waals surface area contributed by atoms with Crippen LogP contribution in [0.25, 0.3) is 11.4 Å². The Morgan fingerprint density at radius 1 is 1.20 bits per heavy atom. The molecule has 4 rings (SSSR count). The van der Waals surface area contributed by atoms with Crippen LogP contribution in [-0.2, 0) is 0 Å². The van der Waals surface area contributed by atoms with Gasteiger partial charge in [0.1, 0.15) is 11.3 Å². The smallest absolute Gasteiger partial charge is 0.258 e. The van der Waals surface area contributed by atoms with Gasteiger partial charge in [-0.3, -0.25) is 4.79 Å². The molecule has 0 spiro atoms. The minimum Gasteiger partial charge on any atom is -0.454 e. The molecule has 0 fully saturated rings. The highest BCUT2D eigenvalue weighted by Crippen LogP contribution is 2.37. The zero-order valence-corrected chi connectivity index (χ0v) is 17.1. The van der Waals surface area contributed by atoms with Crippen LogP contribution in [0.5, 0.6) is 23.1 Å². The maximum atomic E-state index is 12.8. The molecule has 7 heteroatoms. The first-order chi connectivity index (χ1) is 14.5. The quantitative estimate of drug-likeness (QED) is 0.650. The molecule has 1 N–H and O–H groups in total. The van der Waals surface area contributed by atoms with Gasteiger partial charge >= 0.3 is 0 Å². The lowest BCUT2D eigenvalue weighted by Gasteiger charge is -2.15. The predicted octanol–water partition coefficient (Wildman–Crippen LogP) is 4.50. The molecule has 3 aromatic rings. The van der Waals surface area contributed by atoms with Gasteiger partial charge in [-0.05, 0) is 38.5 Å². The molecule has 0 saturated heterocycles. The minimum absolute atomic E-state index is 0.0207. The van der Waals surface area contributed by atoms with Crippen molar-refractivity contribution in [1.82, 2.24) is 15.3 Å². The van der Waals surface area contributed by atoms with Crippen molar-refractivity contribution >= 4 is 5.91 Å². The van der Waals surface area contributed by atoms with E-state index in [1.807, 2.05) is 45.0 Å². The van der Waals surface area contributed by atoms with Gasteiger partial charge in [-0.2, -0.15) is 4.98 Å². The summed E-state index contributed by atoms with van der Waals surface area (Å²) in [4.78, 5) is 21.8. The van der Waals surface area contributed by atoms with E-state index in [1.54, 1.807) is 18.2 Å². The molecule has 1 atom stereocenters. The Balaban J connectivity index is 1.71. The number of hydrogen-bond donors (Lipinski definition) is 1. The third-order valence-electron chi connectivity index (χ3n) is 4.82. The Kier molecular flexibility index (Phi) is 5.52. The summed E-state index contributed by atoms with van der Waals surface area (Å²) in [5.74, 6) is 2.11. The number of benzene rings is 2. The molecule has 1 amide bonds. The van der Waals surface area contributed by atoms with E-state index in [4.69, 9.17) is 14.2 Å². The zero-order chi connectivity index (χ0) is 21.1. The van der Waals surface area contributed by atoms with Crippen molar-refractivity contribution in [3.05, 3.63) is 59.8 Å². The topological polar surface area (TPSA) is 82.6 Å². The number of ether oxygens (including phenoxy) is 3. The second kappa shape index (κ2) is 8.41. The summed E-state index contributed by atoms with van der Waals surface area (Å²) in [5.41, 5.74) is 2.21. The third-order valence-corrected chi connectivity index (χ3v) is 4.82. The molecule has 1 aromatic heterocycles. The number of aromatic nitrogens is 2. The molecule has 1 aliphatic rings. The van der Waals surface area contributed by atoms with Gasteiger partial charge < -0.3 is 19.5 Å². The first-order valence-corrected chi connectivity index (χ1v) is 9.86. The summed E-state index contributed by atoms with van der Waals surface area (Å²) >= 11 is 0. The van der Waals surface area contributed by atoms with Gasteiger partial charge in [0.25, 0.3) is 5.91 Å². The normalized spacial score (nSPS) is 13.0. The summed E-state index contributed by atoms with van der Waals surface area (Å²) in [5, 5.41) is 2.94. The van der Waals surface area contributed by atoms with Gasteiger partial charge in [0, 0.05) is 23.9 Å². The van der Waals surface area contributed by atoms with E-state index in [-0.39, 0.29) is 30.2 Å². The van der Waals surface area contributed by atoms with Crippen molar-refractivity contribution < 1.29 is 19.0 Å². The Bertz CT molecular complexity index is 1080. The van der Waals surface area contributed by atoms with Crippen molar-refractivity contribution in [2.24, 2.45) is 0 Å². The molecule has 1 aliphatic heterocycles. The number of hydrogen-bond acceptors (Lipinski definition) is 6. The molecule has 1 unspecified atom stereocenters. The van der Waals surface area contributed by atoms with E-state index >= 15 is 0 Å². The van der Waals surface area contributed by atoms with E-state index in [9.17, 15) is 4.79 Å². The molecule has 0 aliphatic carbocycles. The molecule has 0 saturated carbocycles. The number of nitrogens with zero attached hydrogens (tertiary/aromatic N) is 2. The number of rotatable bonds is 6. The predicted molar refractivity (Wildman–Crippen MR) is 112 cm³/mol. The maximum absolute atomic E-state index is 12.8. The van der Waals surface area contributed by atoms with Crippen LogP contribution in [0.1, 0.15) is 36.2 Å². The highest BCUT2D eigenvalue weighted by atomic mass is 16.7. The van der Waals surface area contributed by atoms with Crippen LogP contribution in [0.2, 0.25) is 0 Å². The lowest BCUT2D eigenvalue weighted by molar-refractivity contribution is 0.0936. The van der Waals surface area contributed by atoms with E-state index in [1.165, 1.54) is 6.20 Å². The summed E-state index contributed by atoms with van der Waals surface area (Å²) in [6.07, 6.45) is 2.32.